The summed E-state index contributed by atoms with van der Waals surface area (Å²) in [7, 11) is -2.93. The molecule has 1 aliphatic rings. The minimum Gasteiger partial charge on any atom is -0.309 e. The Kier molecular flexibility index (Phi) is 4.07. The highest BCUT2D eigenvalue weighted by Gasteiger charge is 2.34. The van der Waals surface area contributed by atoms with Crippen molar-refractivity contribution in [1.82, 2.24) is 5.32 Å². The second kappa shape index (κ2) is 5.41. The van der Waals surface area contributed by atoms with E-state index in [0.717, 1.165) is 25.8 Å². The van der Waals surface area contributed by atoms with Gasteiger partial charge in [-0.1, -0.05) is 36.2 Å². The van der Waals surface area contributed by atoms with Gasteiger partial charge in [-0.25, -0.2) is 8.42 Å². The molecule has 18 heavy (non-hydrogen) atoms. The van der Waals surface area contributed by atoms with Crippen LogP contribution in [0.2, 0.25) is 0 Å². The van der Waals surface area contributed by atoms with Crippen LogP contribution in [0.3, 0.4) is 0 Å². The zero-order valence-corrected chi connectivity index (χ0v) is 11.8. The molecule has 3 nitrogen and oxygen atoms in total. The van der Waals surface area contributed by atoms with Crippen LogP contribution in [0.4, 0.5) is 0 Å². The van der Waals surface area contributed by atoms with Crippen LogP contribution in [0.15, 0.2) is 24.3 Å². The molecule has 2 rings (SSSR count). The molecule has 0 heterocycles. The van der Waals surface area contributed by atoms with E-state index in [1.807, 2.05) is 0 Å². The average molecular weight is 267 g/mol. The van der Waals surface area contributed by atoms with Crippen LogP contribution in [0.5, 0.6) is 0 Å². The number of nitrogens with one attached hydrogen (secondary N) is 1. The van der Waals surface area contributed by atoms with Gasteiger partial charge in [0.2, 0.25) is 0 Å². The molecule has 4 heteroatoms. The Labute approximate surface area is 110 Å². The van der Waals surface area contributed by atoms with Crippen LogP contribution in [0.25, 0.3) is 0 Å². The molecule has 1 fully saturated rings. The Hall–Kier alpha value is -0.870. The smallest absolute Gasteiger partial charge is 0.151 e. The monoisotopic (exact) mass is 267 g/mol. The standard InChI is InChI=1S/C14H21NO2S/c1-11-6-8-12(9-7-11)10-15-13-4-3-5-14(13)18(2,16)17/h6-9,13-15H,3-5,10H2,1-2H3. The molecule has 1 aliphatic carbocycles. The molecule has 1 N–H and O–H groups in total. The van der Waals surface area contributed by atoms with E-state index in [9.17, 15) is 8.42 Å². The first-order chi connectivity index (χ1) is 8.47. The predicted molar refractivity (Wildman–Crippen MR) is 74.3 cm³/mol. The van der Waals surface area contributed by atoms with Crippen molar-refractivity contribution in [3.05, 3.63) is 35.4 Å². The van der Waals surface area contributed by atoms with Gasteiger partial charge >= 0.3 is 0 Å². The van der Waals surface area contributed by atoms with Gasteiger partial charge in [0.25, 0.3) is 0 Å². The van der Waals surface area contributed by atoms with Crippen molar-refractivity contribution >= 4 is 9.84 Å². The van der Waals surface area contributed by atoms with Crippen molar-refractivity contribution in [3.63, 3.8) is 0 Å². The molecule has 1 saturated carbocycles. The highest BCUT2D eigenvalue weighted by atomic mass is 32.2. The van der Waals surface area contributed by atoms with E-state index in [1.165, 1.54) is 17.4 Å². The normalized spacial score (nSPS) is 24.3. The first-order valence-corrected chi connectivity index (χ1v) is 8.40. The van der Waals surface area contributed by atoms with E-state index >= 15 is 0 Å². The lowest BCUT2D eigenvalue weighted by Crippen LogP contribution is -2.39. The minimum atomic E-state index is -2.93. The SMILES string of the molecule is Cc1ccc(CNC2CCCC2S(C)(=O)=O)cc1. The van der Waals surface area contributed by atoms with Gasteiger partial charge in [0.05, 0.1) is 5.25 Å². The first-order valence-electron chi connectivity index (χ1n) is 6.44. The number of aryl methyl sites for hydroxylation is 1. The summed E-state index contributed by atoms with van der Waals surface area (Å²) in [6, 6.07) is 8.46. The lowest BCUT2D eigenvalue weighted by atomic mass is 10.1. The third kappa shape index (κ3) is 3.33. The maximum Gasteiger partial charge on any atom is 0.151 e. The molecular formula is C14H21NO2S. The van der Waals surface area contributed by atoms with Gasteiger partial charge in [-0.3, -0.25) is 0 Å². The maximum absolute atomic E-state index is 11.7. The van der Waals surface area contributed by atoms with E-state index in [2.05, 4.69) is 36.5 Å². The Bertz CT molecular complexity index is 493. The van der Waals surface area contributed by atoms with Crippen molar-refractivity contribution in [3.8, 4) is 0 Å². The van der Waals surface area contributed by atoms with E-state index in [-0.39, 0.29) is 11.3 Å². The van der Waals surface area contributed by atoms with Crippen molar-refractivity contribution in [2.75, 3.05) is 6.26 Å². The maximum atomic E-state index is 11.7. The molecule has 1 aromatic rings. The first kappa shape index (κ1) is 13.6. The summed E-state index contributed by atoms with van der Waals surface area (Å²) in [5, 5.41) is 3.19. The second-order valence-electron chi connectivity index (χ2n) is 5.27. The van der Waals surface area contributed by atoms with Crippen molar-refractivity contribution < 1.29 is 8.42 Å². The Morgan fingerprint density at radius 3 is 2.50 bits per heavy atom. The fourth-order valence-electron chi connectivity index (χ4n) is 2.63. The van der Waals surface area contributed by atoms with E-state index in [4.69, 9.17) is 0 Å². The highest BCUT2D eigenvalue weighted by Crippen LogP contribution is 2.25. The molecule has 0 spiro atoms. The second-order valence-corrected chi connectivity index (χ2v) is 7.54. The van der Waals surface area contributed by atoms with Gasteiger partial charge in [0.1, 0.15) is 0 Å². The molecule has 2 atom stereocenters. The van der Waals surface area contributed by atoms with Crippen LogP contribution < -0.4 is 5.32 Å². The van der Waals surface area contributed by atoms with Crippen LogP contribution in [-0.2, 0) is 16.4 Å². The number of benzene rings is 1. The third-order valence-corrected chi connectivity index (χ3v) is 5.36. The number of sulfone groups is 1. The average Bonchev–Trinajstić information content (AvgIpc) is 2.76. The highest BCUT2D eigenvalue weighted by molar-refractivity contribution is 7.91. The molecule has 0 saturated heterocycles. The minimum absolute atomic E-state index is 0.112. The zero-order valence-electron chi connectivity index (χ0n) is 11.0. The Morgan fingerprint density at radius 1 is 1.22 bits per heavy atom. The Morgan fingerprint density at radius 2 is 1.89 bits per heavy atom. The van der Waals surface area contributed by atoms with Crippen LogP contribution in [0.1, 0.15) is 30.4 Å². The van der Waals surface area contributed by atoms with Gasteiger partial charge in [0, 0.05) is 18.8 Å². The van der Waals surface area contributed by atoms with E-state index in [1.54, 1.807) is 0 Å². The molecule has 0 amide bonds. The fraction of sp³-hybridized carbons (Fsp3) is 0.571. The molecule has 0 bridgehead atoms. The summed E-state index contributed by atoms with van der Waals surface area (Å²) >= 11 is 0. The molecule has 0 radical (unpaired) electrons. The van der Waals surface area contributed by atoms with Gasteiger partial charge in [0.15, 0.2) is 9.84 Å². The molecule has 0 aliphatic heterocycles. The Balaban J connectivity index is 1.96. The van der Waals surface area contributed by atoms with Crippen molar-refractivity contribution in [2.45, 2.75) is 44.0 Å². The zero-order chi connectivity index (χ0) is 13.2. The molecule has 100 valence electrons. The molecule has 2 unspecified atom stereocenters. The number of hydrogen-bond donors (Lipinski definition) is 1. The molecule has 1 aromatic carbocycles. The van der Waals surface area contributed by atoms with E-state index < -0.39 is 9.84 Å². The molecule has 0 aromatic heterocycles. The third-order valence-electron chi connectivity index (χ3n) is 3.69. The lowest BCUT2D eigenvalue weighted by Gasteiger charge is -2.19. The number of hydrogen-bond acceptors (Lipinski definition) is 3. The summed E-state index contributed by atoms with van der Waals surface area (Å²) in [6.45, 7) is 2.81. The predicted octanol–water partition coefficient (Wildman–Crippen LogP) is 2.05. The topological polar surface area (TPSA) is 46.2 Å². The van der Waals surface area contributed by atoms with Gasteiger partial charge in [-0.05, 0) is 25.3 Å². The van der Waals surface area contributed by atoms with Crippen LogP contribution in [-0.4, -0.2) is 26.0 Å². The quantitative estimate of drug-likeness (QED) is 0.908. The lowest BCUT2D eigenvalue weighted by molar-refractivity contribution is 0.507. The van der Waals surface area contributed by atoms with Gasteiger partial charge in [-0.2, -0.15) is 0 Å². The summed E-state index contributed by atoms with van der Waals surface area (Å²) < 4.78 is 23.3. The summed E-state index contributed by atoms with van der Waals surface area (Å²) in [6.07, 6.45) is 4.11. The van der Waals surface area contributed by atoms with Gasteiger partial charge in [-0.15, -0.1) is 0 Å². The van der Waals surface area contributed by atoms with Crippen LogP contribution >= 0.6 is 0 Å². The largest absolute Gasteiger partial charge is 0.309 e. The number of rotatable bonds is 4. The van der Waals surface area contributed by atoms with Crippen molar-refractivity contribution in [1.29, 1.82) is 0 Å². The summed E-state index contributed by atoms with van der Waals surface area (Å²) in [5.74, 6) is 0. The fourth-order valence-corrected chi connectivity index (χ4v) is 4.05. The molecular weight excluding hydrogens is 246 g/mol. The van der Waals surface area contributed by atoms with Crippen LogP contribution in [0, 0.1) is 6.92 Å². The van der Waals surface area contributed by atoms with E-state index in [0.29, 0.717) is 0 Å². The summed E-state index contributed by atoms with van der Waals surface area (Å²) in [5.41, 5.74) is 2.45. The summed E-state index contributed by atoms with van der Waals surface area (Å²) in [4.78, 5) is 0. The van der Waals surface area contributed by atoms with Gasteiger partial charge < -0.3 is 5.32 Å². The van der Waals surface area contributed by atoms with Crippen molar-refractivity contribution in [2.24, 2.45) is 0 Å².